The van der Waals surface area contributed by atoms with Crippen molar-refractivity contribution in [3.05, 3.63) is 91.6 Å². The molecule has 5 aromatic rings. The first-order valence-corrected chi connectivity index (χ1v) is 13.5. The van der Waals surface area contributed by atoms with Crippen LogP contribution in [0.25, 0.3) is 10.9 Å². The summed E-state index contributed by atoms with van der Waals surface area (Å²) < 4.78 is 52.6. The van der Waals surface area contributed by atoms with E-state index in [0.717, 1.165) is 32.9 Å². The van der Waals surface area contributed by atoms with Gasteiger partial charge in [-0.2, -0.15) is 15.2 Å². The Kier molecular flexibility index (Phi) is 7.30. The van der Waals surface area contributed by atoms with E-state index in [4.69, 9.17) is 16.3 Å². The van der Waals surface area contributed by atoms with E-state index in [9.17, 15) is 22.8 Å². The van der Waals surface area contributed by atoms with E-state index in [0.29, 0.717) is 25.3 Å². The number of rotatable bonds is 10. The second-order valence-electron chi connectivity index (χ2n) is 10.6. The Morgan fingerprint density at radius 3 is 2.51 bits per heavy atom. The van der Waals surface area contributed by atoms with Crippen LogP contribution < -0.4 is 16.7 Å². The van der Waals surface area contributed by atoms with Gasteiger partial charge < -0.3 is 10.1 Å². The second kappa shape index (κ2) is 11.0. The highest BCUT2D eigenvalue weighted by Crippen LogP contribution is 2.47. The van der Waals surface area contributed by atoms with Crippen LogP contribution in [0.1, 0.15) is 24.2 Å². The van der Waals surface area contributed by atoms with Gasteiger partial charge >= 0.3 is 11.4 Å². The van der Waals surface area contributed by atoms with Crippen LogP contribution in [0.15, 0.2) is 46.4 Å². The number of ether oxygens (including phenoxy) is 1. The molecule has 1 aliphatic carbocycles. The number of hydrogen-bond donors (Lipinski definition) is 1. The first-order valence-electron chi connectivity index (χ1n) is 13.2. The molecule has 224 valence electrons. The van der Waals surface area contributed by atoms with Crippen molar-refractivity contribution in [2.75, 3.05) is 19.0 Å². The lowest BCUT2D eigenvalue weighted by Crippen LogP contribution is -2.43. The van der Waals surface area contributed by atoms with Crippen LogP contribution in [-0.2, 0) is 31.4 Å². The molecule has 3 aromatic heterocycles. The molecule has 16 heteroatoms. The number of nitrogens with zero attached hydrogens (tertiary/aromatic N) is 8. The number of fused-ring (bicyclic) bond motifs is 1. The molecule has 0 bridgehead atoms. The quantitative estimate of drug-likeness (QED) is 0.237. The fraction of sp³-hybridized carbons (Fsp3) is 0.333. The minimum absolute atomic E-state index is 0.0287. The lowest BCUT2D eigenvalue weighted by Gasteiger charge is -2.17. The molecule has 1 fully saturated rings. The van der Waals surface area contributed by atoms with Gasteiger partial charge in [-0.1, -0.05) is 11.6 Å². The minimum atomic E-state index is -1.38. The van der Waals surface area contributed by atoms with E-state index in [2.05, 4.69) is 25.5 Å². The number of hydrogen-bond acceptors (Lipinski definition) is 8. The summed E-state index contributed by atoms with van der Waals surface area (Å²) in [6.07, 6.45) is 5.11. The van der Waals surface area contributed by atoms with Gasteiger partial charge in [0.1, 0.15) is 12.1 Å². The van der Waals surface area contributed by atoms with Crippen LogP contribution >= 0.6 is 11.6 Å². The van der Waals surface area contributed by atoms with Crippen LogP contribution in [0.3, 0.4) is 0 Å². The Hall–Kier alpha value is -4.50. The predicted molar refractivity (Wildman–Crippen MR) is 150 cm³/mol. The molecule has 0 unspecified atom stereocenters. The van der Waals surface area contributed by atoms with Gasteiger partial charge in [0.15, 0.2) is 17.5 Å². The largest absolute Gasteiger partial charge is 0.384 e. The molecule has 1 aliphatic rings. The zero-order valence-corrected chi connectivity index (χ0v) is 23.8. The predicted octanol–water partition coefficient (Wildman–Crippen LogP) is 3.22. The molecule has 1 N–H and O–H groups in total. The van der Waals surface area contributed by atoms with Crippen molar-refractivity contribution >= 4 is 34.1 Å². The van der Waals surface area contributed by atoms with Gasteiger partial charge in [0.25, 0.3) is 0 Å². The van der Waals surface area contributed by atoms with Gasteiger partial charge in [-0.25, -0.2) is 32.3 Å². The van der Waals surface area contributed by atoms with Crippen LogP contribution in [0.5, 0.6) is 0 Å². The Morgan fingerprint density at radius 2 is 1.81 bits per heavy atom. The van der Waals surface area contributed by atoms with Gasteiger partial charge in [-0.3, -0.25) is 13.9 Å². The topological polar surface area (TPSA) is 127 Å². The van der Waals surface area contributed by atoms with Gasteiger partial charge in [0, 0.05) is 43.1 Å². The lowest BCUT2D eigenvalue weighted by atomic mass is 10.1. The van der Waals surface area contributed by atoms with Gasteiger partial charge in [-0.05, 0) is 31.0 Å². The third kappa shape index (κ3) is 5.64. The molecule has 0 atom stereocenters. The average Bonchev–Trinajstić information content (AvgIpc) is 3.42. The Balaban J connectivity index is 1.40. The molecule has 12 nitrogen and oxygen atoms in total. The van der Waals surface area contributed by atoms with Gasteiger partial charge in [0.05, 0.1) is 42.1 Å². The zero-order valence-electron chi connectivity index (χ0n) is 23.0. The maximum absolute atomic E-state index is 14.7. The Morgan fingerprint density at radius 1 is 1.05 bits per heavy atom. The van der Waals surface area contributed by atoms with Crippen LogP contribution in [0, 0.1) is 22.9 Å². The maximum Gasteiger partial charge on any atom is 0.355 e. The Labute approximate surface area is 246 Å². The number of aromatic nitrogens is 8. The van der Waals surface area contributed by atoms with Crippen LogP contribution in [-0.4, -0.2) is 52.4 Å². The number of methoxy groups -OCH3 is 1. The van der Waals surface area contributed by atoms with Crippen LogP contribution in [0.2, 0.25) is 5.02 Å². The molecule has 0 saturated heterocycles. The molecular formula is C27H25ClF3N9O3. The molecular weight excluding hydrogens is 591 g/mol. The molecule has 0 spiro atoms. The van der Waals surface area contributed by atoms with Crippen molar-refractivity contribution in [2.24, 2.45) is 12.5 Å². The number of aryl methyl sites for hydroxylation is 1. The standard InChI is InChI=1S/C27H25ClF3N9O3/c1-37-14-32-23(36-37)11-39-25(41)35-24(38(26(39)42)10-16-5-19(30)20(31)8-18(16)29)34-21-6-15-9-33-40(22(15)7-17(21)28)12-27(3-4-27)13-43-2/h5-9,14H,3-4,10-13H2,1-2H3,(H,34,35,41). The molecule has 0 aliphatic heterocycles. The summed E-state index contributed by atoms with van der Waals surface area (Å²) >= 11 is 6.63. The summed E-state index contributed by atoms with van der Waals surface area (Å²) in [6, 6.07) is 4.39. The second-order valence-corrected chi connectivity index (χ2v) is 11.0. The van der Waals surface area contributed by atoms with Gasteiger partial charge in [-0.15, -0.1) is 0 Å². The third-order valence-electron chi connectivity index (χ3n) is 7.38. The highest BCUT2D eigenvalue weighted by atomic mass is 35.5. The average molecular weight is 616 g/mol. The fourth-order valence-corrected chi connectivity index (χ4v) is 5.15. The van der Waals surface area contributed by atoms with E-state index in [1.807, 2.05) is 4.68 Å². The zero-order chi connectivity index (χ0) is 30.5. The van der Waals surface area contributed by atoms with Crippen molar-refractivity contribution in [1.82, 2.24) is 38.7 Å². The Bertz CT molecular complexity index is 1980. The summed E-state index contributed by atoms with van der Waals surface area (Å²) in [5, 5.41) is 12.4. The summed E-state index contributed by atoms with van der Waals surface area (Å²) in [4.78, 5) is 34.7. The molecule has 43 heavy (non-hydrogen) atoms. The van der Waals surface area contributed by atoms with Crippen molar-refractivity contribution in [1.29, 1.82) is 0 Å². The van der Waals surface area contributed by atoms with Crippen molar-refractivity contribution < 1.29 is 17.9 Å². The minimum Gasteiger partial charge on any atom is -0.384 e. The summed E-state index contributed by atoms with van der Waals surface area (Å²) in [6.45, 7) is 0.345. The maximum atomic E-state index is 14.7. The molecule has 6 rings (SSSR count). The first-order chi connectivity index (χ1) is 20.6. The first kappa shape index (κ1) is 28.6. The SMILES string of the molecule is COCC1(Cn2ncc3cc(Nc4nc(=O)n(Cc5ncn(C)n5)c(=O)n4Cc4cc(F)c(F)cc4F)c(Cl)cc32)CC1. The summed E-state index contributed by atoms with van der Waals surface area (Å²) in [5.74, 6) is -3.92. The normalized spacial score (nSPS) is 14.0. The van der Waals surface area contributed by atoms with Crippen LogP contribution in [0.4, 0.5) is 24.8 Å². The number of nitrogens with one attached hydrogen (secondary N) is 1. The van der Waals surface area contributed by atoms with Crippen molar-refractivity contribution in [3.8, 4) is 0 Å². The number of halogens is 4. The lowest BCUT2D eigenvalue weighted by molar-refractivity contribution is 0.129. The molecule has 1 saturated carbocycles. The van der Waals surface area contributed by atoms with E-state index in [-0.39, 0.29) is 40.0 Å². The highest BCUT2D eigenvalue weighted by molar-refractivity contribution is 6.34. The smallest absolute Gasteiger partial charge is 0.355 e. The fourth-order valence-electron chi connectivity index (χ4n) is 4.95. The summed E-state index contributed by atoms with van der Waals surface area (Å²) in [5.41, 5.74) is -1.13. The van der Waals surface area contributed by atoms with Gasteiger partial charge in [0.2, 0.25) is 5.95 Å². The summed E-state index contributed by atoms with van der Waals surface area (Å²) in [7, 11) is 3.28. The van der Waals surface area contributed by atoms with Crippen molar-refractivity contribution in [3.63, 3.8) is 0 Å². The van der Waals surface area contributed by atoms with E-state index in [1.54, 1.807) is 32.5 Å². The number of benzene rings is 2. The molecule has 0 amide bonds. The molecule has 3 heterocycles. The molecule has 0 radical (unpaired) electrons. The van der Waals surface area contributed by atoms with Crippen molar-refractivity contribution in [2.45, 2.75) is 32.5 Å². The third-order valence-corrected chi connectivity index (χ3v) is 7.70. The van der Waals surface area contributed by atoms with E-state index < -0.39 is 35.4 Å². The van der Waals surface area contributed by atoms with E-state index >= 15 is 0 Å². The highest BCUT2D eigenvalue weighted by Gasteiger charge is 2.43. The molecule has 2 aromatic carbocycles. The monoisotopic (exact) mass is 615 g/mol. The number of anilines is 2. The van der Waals surface area contributed by atoms with E-state index in [1.165, 1.54) is 11.0 Å².